The van der Waals surface area contributed by atoms with Crippen molar-refractivity contribution in [3.63, 3.8) is 0 Å². The fraction of sp³-hybridized carbons (Fsp3) is 0.346. The van der Waals surface area contributed by atoms with Crippen LogP contribution in [0.5, 0.6) is 0 Å². The van der Waals surface area contributed by atoms with Crippen LogP contribution in [0, 0.1) is 0 Å². The number of aromatic nitrogens is 5. The van der Waals surface area contributed by atoms with E-state index in [0.29, 0.717) is 6.04 Å². The van der Waals surface area contributed by atoms with E-state index in [1.807, 2.05) is 30.5 Å². The lowest BCUT2D eigenvalue weighted by Crippen LogP contribution is -2.14. The van der Waals surface area contributed by atoms with Crippen molar-refractivity contribution >= 4 is 0 Å². The van der Waals surface area contributed by atoms with Gasteiger partial charge in [0.2, 0.25) is 0 Å². The molecule has 0 amide bonds. The van der Waals surface area contributed by atoms with Gasteiger partial charge < -0.3 is 9.67 Å². The van der Waals surface area contributed by atoms with Gasteiger partial charge in [0.05, 0.1) is 23.0 Å². The van der Waals surface area contributed by atoms with Crippen LogP contribution >= 0.6 is 0 Å². The summed E-state index contributed by atoms with van der Waals surface area (Å²) in [6.07, 6.45) is 8.52. The second-order valence-electron chi connectivity index (χ2n) is 9.46. The Bertz CT molecular complexity index is 1290. The van der Waals surface area contributed by atoms with E-state index in [4.69, 9.17) is 10.1 Å². The first kappa shape index (κ1) is 19.4. The van der Waals surface area contributed by atoms with E-state index in [1.54, 1.807) is 13.8 Å². The molecular weight excluding hydrogens is 398 g/mol. The van der Waals surface area contributed by atoms with Crippen molar-refractivity contribution in [1.82, 2.24) is 24.3 Å². The van der Waals surface area contributed by atoms with Crippen molar-refractivity contribution < 1.29 is 5.11 Å². The standard InChI is InChI=1S/C26H27N5O/c1-26(2,32)19-7-5-17(6-8-19)22-16-18(11-13-27-22)25-24(28-23-4-3-14-30(23)25)21-12-15-31(29-21)20-9-10-20/h5-8,11-13,15-16,20,32H,3-4,9-10,14H2,1-2H3. The Morgan fingerprint density at radius 2 is 1.81 bits per heavy atom. The van der Waals surface area contributed by atoms with Crippen LogP contribution < -0.4 is 0 Å². The highest BCUT2D eigenvalue weighted by Crippen LogP contribution is 2.38. The van der Waals surface area contributed by atoms with Crippen molar-refractivity contribution in [2.45, 2.75) is 57.7 Å². The van der Waals surface area contributed by atoms with Gasteiger partial charge in [-0.2, -0.15) is 5.10 Å². The number of pyridine rings is 1. The Morgan fingerprint density at radius 1 is 1.00 bits per heavy atom. The summed E-state index contributed by atoms with van der Waals surface area (Å²) in [6, 6.07) is 14.9. The monoisotopic (exact) mass is 425 g/mol. The van der Waals surface area contributed by atoms with Gasteiger partial charge in [0, 0.05) is 36.5 Å². The third-order valence-corrected chi connectivity index (χ3v) is 6.52. The van der Waals surface area contributed by atoms with Crippen LogP contribution in [0.2, 0.25) is 0 Å². The van der Waals surface area contributed by atoms with Crippen LogP contribution in [0.25, 0.3) is 33.9 Å². The molecule has 162 valence electrons. The molecule has 0 unspecified atom stereocenters. The molecule has 3 aromatic heterocycles. The van der Waals surface area contributed by atoms with Gasteiger partial charge in [0.25, 0.3) is 0 Å². The number of benzene rings is 1. The Morgan fingerprint density at radius 3 is 2.56 bits per heavy atom. The molecule has 32 heavy (non-hydrogen) atoms. The topological polar surface area (TPSA) is 68.8 Å². The maximum Gasteiger partial charge on any atom is 0.117 e. The van der Waals surface area contributed by atoms with E-state index in [9.17, 15) is 5.11 Å². The first-order valence-electron chi connectivity index (χ1n) is 11.4. The van der Waals surface area contributed by atoms with Crippen molar-refractivity contribution in [2.24, 2.45) is 0 Å². The number of aliphatic hydroxyl groups is 1. The number of rotatable bonds is 5. The van der Waals surface area contributed by atoms with Crippen LogP contribution in [0.3, 0.4) is 0 Å². The van der Waals surface area contributed by atoms with E-state index >= 15 is 0 Å². The molecule has 0 saturated heterocycles. The van der Waals surface area contributed by atoms with Gasteiger partial charge >= 0.3 is 0 Å². The van der Waals surface area contributed by atoms with Crippen LogP contribution in [-0.4, -0.2) is 29.4 Å². The molecule has 1 aliphatic carbocycles. The van der Waals surface area contributed by atoms with Crippen molar-refractivity contribution in [2.75, 3.05) is 0 Å². The summed E-state index contributed by atoms with van der Waals surface area (Å²) in [5.41, 5.74) is 6.13. The molecular formula is C26H27N5O. The number of fused-ring (bicyclic) bond motifs is 1. The van der Waals surface area contributed by atoms with Gasteiger partial charge in [-0.05, 0) is 56.9 Å². The number of nitrogens with zero attached hydrogens (tertiary/aromatic N) is 5. The number of hydrogen-bond donors (Lipinski definition) is 1. The Balaban J connectivity index is 1.42. The molecule has 6 nitrogen and oxygen atoms in total. The van der Waals surface area contributed by atoms with Crippen LogP contribution in [0.1, 0.15) is 50.5 Å². The molecule has 0 radical (unpaired) electrons. The van der Waals surface area contributed by atoms with E-state index in [-0.39, 0.29) is 0 Å². The summed E-state index contributed by atoms with van der Waals surface area (Å²) in [6.45, 7) is 4.58. The minimum absolute atomic E-state index is 0.557. The average Bonchev–Trinajstić information content (AvgIpc) is 3.19. The minimum Gasteiger partial charge on any atom is -0.386 e. The highest BCUT2D eigenvalue weighted by atomic mass is 16.3. The van der Waals surface area contributed by atoms with Gasteiger partial charge in [0.1, 0.15) is 17.2 Å². The predicted molar refractivity (Wildman–Crippen MR) is 124 cm³/mol. The maximum atomic E-state index is 10.3. The highest BCUT2D eigenvalue weighted by Gasteiger charge is 2.28. The second-order valence-corrected chi connectivity index (χ2v) is 9.46. The molecule has 1 aromatic carbocycles. The van der Waals surface area contributed by atoms with E-state index in [1.165, 1.54) is 12.8 Å². The zero-order valence-corrected chi connectivity index (χ0v) is 18.5. The minimum atomic E-state index is -0.856. The normalized spacial score (nSPS) is 15.8. The molecule has 4 aromatic rings. The molecule has 0 spiro atoms. The van der Waals surface area contributed by atoms with Crippen molar-refractivity contribution in [3.8, 4) is 33.9 Å². The average molecular weight is 426 g/mol. The van der Waals surface area contributed by atoms with Gasteiger partial charge in [0.15, 0.2) is 0 Å². The summed E-state index contributed by atoms with van der Waals surface area (Å²) in [5.74, 6) is 1.14. The summed E-state index contributed by atoms with van der Waals surface area (Å²) in [4.78, 5) is 9.64. The van der Waals surface area contributed by atoms with E-state index < -0.39 is 5.60 Å². The van der Waals surface area contributed by atoms with Crippen molar-refractivity contribution in [3.05, 3.63) is 66.2 Å². The maximum absolute atomic E-state index is 10.3. The summed E-state index contributed by atoms with van der Waals surface area (Å²) in [5, 5.41) is 15.1. The molecule has 1 aliphatic heterocycles. The van der Waals surface area contributed by atoms with Crippen LogP contribution in [0.15, 0.2) is 54.9 Å². The highest BCUT2D eigenvalue weighted by molar-refractivity contribution is 5.79. The third kappa shape index (κ3) is 3.35. The SMILES string of the molecule is CC(C)(O)c1ccc(-c2cc(-c3c(-c4ccn(C5CC5)n4)nc4n3CCC4)ccn2)cc1. The fourth-order valence-corrected chi connectivity index (χ4v) is 4.59. The summed E-state index contributed by atoms with van der Waals surface area (Å²) < 4.78 is 4.44. The van der Waals surface area contributed by atoms with Gasteiger partial charge in [-0.1, -0.05) is 24.3 Å². The lowest BCUT2D eigenvalue weighted by atomic mass is 9.96. The van der Waals surface area contributed by atoms with Gasteiger partial charge in [-0.25, -0.2) is 4.98 Å². The zero-order chi connectivity index (χ0) is 21.9. The number of hydrogen-bond acceptors (Lipinski definition) is 4. The molecule has 6 rings (SSSR count). The van der Waals surface area contributed by atoms with Crippen LogP contribution in [0.4, 0.5) is 0 Å². The lowest BCUT2D eigenvalue weighted by molar-refractivity contribution is 0.0786. The Kier molecular flexibility index (Phi) is 4.33. The molecule has 2 aliphatic rings. The lowest BCUT2D eigenvalue weighted by Gasteiger charge is -2.18. The summed E-state index contributed by atoms with van der Waals surface area (Å²) >= 11 is 0. The first-order valence-corrected chi connectivity index (χ1v) is 11.4. The number of imidazole rings is 1. The Labute approximate surface area is 187 Å². The molecule has 1 N–H and O–H groups in total. The largest absolute Gasteiger partial charge is 0.386 e. The zero-order valence-electron chi connectivity index (χ0n) is 18.5. The molecule has 0 bridgehead atoms. The first-order chi connectivity index (χ1) is 15.5. The third-order valence-electron chi connectivity index (χ3n) is 6.52. The van der Waals surface area contributed by atoms with E-state index in [0.717, 1.165) is 64.7 Å². The summed E-state index contributed by atoms with van der Waals surface area (Å²) in [7, 11) is 0. The Hall–Kier alpha value is -3.25. The smallest absolute Gasteiger partial charge is 0.117 e. The molecule has 4 heterocycles. The number of aryl methyl sites for hydroxylation is 1. The molecule has 0 atom stereocenters. The van der Waals surface area contributed by atoms with Crippen LogP contribution in [-0.2, 0) is 18.6 Å². The second kappa shape index (κ2) is 7.14. The quantitative estimate of drug-likeness (QED) is 0.489. The van der Waals surface area contributed by atoms with Gasteiger partial charge in [-0.15, -0.1) is 0 Å². The van der Waals surface area contributed by atoms with Crippen molar-refractivity contribution in [1.29, 1.82) is 0 Å². The molecule has 1 saturated carbocycles. The van der Waals surface area contributed by atoms with E-state index in [2.05, 4.69) is 38.6 Å². The molecule has 1 fully saturated rings. The van der Waals surface area contributed by atoms with Gasteiger partial charge in [-0.3, -0.25) is 9.67 Å². The molecule has 6 heteroatoms. The predicted octanol–water partition coefficient (Wildman–Crippen LogP) is 4.98. The fourth-order valence-electron chi connectivity index (χ4n) is 4.59.